The molecule has 1 aromatic rings. The molecule has 2 fully saturated rings. The van der Waals surface area contributed by atoms with Crippen molar-refractivity contribution in [3.05, 3.63) is 28.8 Å². The third kappa shape index (κ3) is 2.94. The molecule has 2 aliphatic heterocycles. The maximum Gasteiger partial charge on any atom is 0.325 e. The molecule has 0 bridgehead atoms. The van der Waals surface area contributed by atoms with Crippen LogP contribution in [0.2, 0.25) is 5.02 Å². The van der Waals surface area contributed by atoms with E-state index in [0.717, 1.165) is 18.4 Å². The molecular formula is C16H21ClN2O3S. The van der Waals surface area contributed by atoms with Crippen molar-refractivity contribution in [3.8, 4) is 0 Å². The van der Waals surface area contributed by atoms with Crippen LogP contribution in [-0.2, 0) is 9.84 Å². The van der Waals surface area contributed by atoms with Gasteiger partial charge in [0.1, 0.15) is 0 Å². The average molecular weight is 357 g/mol. The van der Waals surface area contributed by atoms with Crippen molar-refractivity contribution < 1.29 is 13.2 Å². The van der Waals surface area contributed by atoms with E-state index in [4.69, 9.17) is 11.6 Å². The monoisotopic (exact) mass is 356 g/mol. The Morgan fingerprint density at radius 2 is 1.96 bits per heavy atom. The van der Waals surface area contributed by atoms with Crippen molar-refractivity contribution >= 4 is 33.2 Å². The first-order valence-corrected chi connectivity index (χ1v) is 10.1. The highest BCUT2D eigenvalue weighted by Crippen LogP contribution is 2.36. The van der Waals surface area contributed by atoms with Crippen LogP contribution in [0.4, 0.5) is 10.5 Å². The summed E-state index contributed by atoms with van der Waals surface area (Å²) >= 11 is 6.19. The summed E-state index contributed by atoms with van der Waals surface area (Å²) in [5.41, 5.74) is 1.61. The number of urea groups is 1. The summed E-state index contributed by atoms with van der Waals surface area (Å²) in [5, 5.41) is 0.583. The first kappa shape index (κ1) is 16.6. The van der Waals surface area contributed by atoms with Gasteiger partial charge in [-0.3, -0.25) is 4.90 Å². The summed E-state index contributed by atoms with van der Waals surface area (Å²) in [6.45, 7) is 4.55. The number of carbonyl (C=O) groups is 1. The summed E-state index contributed by atoms with van der Waals surface area (Å²) in [5.74, 6) is 0.0841. The predicted octanol–water partition coefficient (Wildman–Crippen LogP) is 2.86. The molecule has 2 amide bonds. The van der Waals surface area contributed by atoms with E-state index in [0.29, 0.717) is 17.3 Å². The van der Waals surface area contributed by atoms with E-state index in [-0.39, 0.29) is 29.6 Å². The first-order valence-electron chi connectivity index (χ1n) is 7.90. The molecule has 2 aliphatic rings. The summed E-state index contributed by atoms with van der Waals surface area (Å²) in [6.07, 6.45) is 1.84. The molecule has 0 saturated carbocycles. The van der Waals surface area contributed by atoms with Crippen LogP contribution in [0, 0.1) is 6.92 Å². The van der Waals surface area contributed by atoms with Gasteiger partial charge in [0.05, 0.1) is 23.6 Å². The van der Waals surface area contributed by atoms with E-state index in [2.05, 4.69) is 6.92 Å². The number of hydrogen-bond donors (Lipinski definition) is 0. The molecule has 3 rings (SSSR count). The van der Waals surface area contributed by atoms with Gasteiger partial charge >= 0.3 is 6.03 Å². The molecule has 2 heterocycles. The largest absolute Gasteiger partial charge is 0.325 e. The Hall–Kier alpha value is -1.27. The fourth-order valence-corrected chi connectivity index (χ4v) is 5.53. The molecule has 7 heteroatoms. The second-order valence-corrected chi connectivity index (χ2v) is 8.91. The number of fused-ring (bicyclic) bond motifs is 1. The molecule has 23 heavy (non-hydrogen) atoms. The van der Waals surface area contributed by atoms with Gasteiger partial charge in [-0.15, -0.1) is 0 Å². The lowest BCUT2D eigenvalue weighted by Crippen LogP contribution is -2.38. The topological polar surface area (TPSA) is 57.7 Å². The highest BCUT2D eigenvalue weighted by atomic mass is 35.5. The van der Waals surface area contributed by atoms with Crippen LogP contribution < -0.4 is 4.90 Å². The highest BCUT2D eigenvalue weighted by molar-refractivity contribution is 7.91. The van der Waals surface area contributed by atoms with E-state index in [9.17, 15) is 13.2 Å². The van der Waals surface area contributed by atoms with Gasteiger partial charge in [0.25, 0.3) is 0 Å². The Labute approximate surface area is 142 Å². The fourth-order valence-electron chi connectivity index (χ4n) is 3.40. The van der Waals surface area contributed by atoms with Gasteiger partial charge in [0.2, 0.25) is 0 Å². The van der Waals surface area contributed by atoms with Crippen LogP contribution in [0.1, 0.15) is 25.3 Å². The quantitative estimate of drug-likeness (QED) is 0.779. The van der Waals surface area contributed by atoms with Crippen LogP contribution in [0.15, 0.2) is 18.2 Å². The third-order valence-corrected chi connectivity index (χ3v) is 6.77. The van der Waals surface area contributed by atoms with Gasteiger partial charge in [-0.25, -0.2) is 13.2 Å². The Morgan fingerprint density at radius 1 is 1.26 bits per heavy atom. The van der Waals surface area contributed by atoms with Gasteiger partial charge in [-0.1, -0.05) is 31.0 Å². The van der Waals surface area contributed by atoms with Gasteiger partial charge in [0.15, 0.2) is 9.84 Å². The number of sulfone groups is 1. The molecule has 2 atom stereocenters. The van der Waals surface area contributed by atoms with E-state index in [1.54, 1.807) is 15.9 Å². The van der Waals surface area contributed by atoms with Crippen molar-refractivity contribution in [1.29, 1.82) is 0 Å². The van der Waals surface area contributed by atoms with Crippen LogP contribution in [-0.4, -0.2) is 49.5 Å². The van der Waals surface area contributed by atoms with Gasteiger partial charge in [-0.2, -0.15) is 0 Å². The third-order valence-electron chi connectivity index (χ3n) is 4.66. The number of hydrogen-bond acceptors (Lipinski definition) is 3. The molecule has 2 unspecified atom stereocenters. The maximum atomic E-state index is 12.8. The number of nitrogens with zero attached hydrogens (tertiary/aromatic N) is 2. The van der Waals surface area contributed by atoms with Crippen molar-refractivity contribution in [3.63, 3.8) is 0 Å². The van der Waals surface area contributed by atoms with Crippen molar-refractivity contribution in [1.82, 2.24) is 4.90 Å². The predicted molar refractivity (Wildman–Crippen MR) is 91.9 cm³/mol. The Morgan fingerprint density at radius 3 is 2.61 bits per heavy atom. The number of aryl methyl sites for hydroxylation is 1. The smallest absolute Gasteiger partial charge is 0.318 e. The Balaban J connectivity index is 1.98. The standard InChI is InChI=1S/C16H21ClN2O3S/c1-3-4-7-18-14-9-23(21,22)10-15(14)19(16(18)20)12-6-5-11(2)13(17)8-12/h5-6,8,14-15H,3-4,7,9-10H2,1-2H3. The van der Waals surface area contributed by atoms with Crippen LogP contribution in [0.5, 0.6) is 0 Å². The van der Waals surface area contributed by atoms with Gasteiger partial charge < -0.3 is 4.90 Å². The summed E-state index contributed by atoms with van der Waals surface area (Å²) < 4.78 is 24.2. The zero-order valence-corrected chi connectivity index (χ0v) is 14.9. The first-order chi connectivity index (χ1) is 10.8. The van der Waals surface area contributed by atoms with Gasteiger partial charge in [-0.05, 0) is 31.0 Å². The second kappa shape index (κ2) is 5.98. The molecule has 2 saturated heterocycles. The lowest BCUT2D eigenvalue weighted by molar-refractivity contribution is 0.208. The number of unbranched alkanes of at least 4 members (excludes halogenated alkanes) is 1. The minimum absolute atomic E-state index is 0.0253. The maximum absolute atomic E-state index is 12.8. The normalized spacial score (nSPS) is 26.0. The van der Waals surface area contributed by atoms with E-state index in [1.165, 1.54) is 0 Å². The van der Waals surface area contributed by atoms with Crippen molar-refractivity contribution in [2.24, 2.45) is 0 Å². The number of anilines is 1. The molecule has 126 valence electrons. The average Bonchev–Trinajstić information content (AvgIpc) is 2.90. The molecule has 5 nitrogen and oxygen atoms in total. The van der Waals surface area contributed by atoms with Gasteiger partial charge in [0, 0.05) is 17.3 Å². The van der Waals surface area contributed by atoms with E-state index < -0.39 is 9.84 Å². The SMILES string of the molecule is CCCCN1C(=O)N(c2ccc(C)c(Cl)c2)C2CS(=O)(=O)CC21. The van der Waals surface area contributed by atoms with Crippen LogP contribution >= 0.6 is 11.6 Å². The highest BCUT2D eigenvalue weighted by Gasteiger charge is 2.53. The second-order valence-electron chi connectivity index (χ2n) is 6.34. The van der Waals surface area contributed by atoms with Crippen molar-refractivity contribution in [2.45, 2.75) is 38.8 Å². The fraction of sp³-hybridized carbons (Fsp3) is 0.562. The lowest BCUT2D eigenvalue weighted by Gasteiger charge is -2.23. The number of rotatable bonds is 4. The van der Waals surface area contributed by atoms with E-state index in [1.807, 2.05) is 19.1 Å². The van der Waals surface area contributed by atoms with Crippen molar-refractivity contribution in [2.75, 3.05) is 23.0 Å². The number of benzene rings is 1. The molecule has 0 aliphatic carbocycles. The zero-order valence-electron chi connectivity index (χ0n) is 13.3. The Kier molecular flexibility index (Phi) is 4.31. The molecule has 0 N–H and O–H groups in total. The van der Waals surface area contributed by atoms with E-state index >= 15 is 0 Å². The lowest BCUT2D eigenvalue weighted by atomic mass is 10.1. The minimum atomic E-state index is -3.11. The summed E-state index contributed by atoms with van der Waals surface area (Å²) in [6, 6.07) is 4.77. The number of amides is 2. The molecular weight excluding hydrogens is 336 g/mol. The van der Waals surface area contributed by atoms with Crippen LogP contribution in [0.25, 0.3) is 0 Å². The summed E-state index contributed by atoms with van der Waals surface area (Å²) in [7, 11) is -3.11. The summed E-state index contributed by atoms with van der Waals surface area (Å²) in [4.78, 5) is 16.2. The molecule has 0 spiro atoms. The minimum Gasteiger partial charge on any atom is -0.318 e. The number of carbonyl (C=O) groups excluding carboxylic acids is 1. The molecule has 0 radical (unpaired) electrons. The number of halogens is 1. The Bertz CT molecular complexity index is 735. The molecule has 0 aromatic heterocycles. The zero-order chi connectivity index (χ0) is 16.8. The molecule has 1 aromatic carbocycles. The van der Waals surface area contributed by atoms with Crippen LogP contribution in [0.3, 0.4) is 0 Å².